The lowest BCUT2D eigenvalue weighted by molar-refractivity contribution is -0.126. The second-order valence-electron chi connectivity index (χ2n) is 4.37. The smallest absolute Gasteiger partial charge is 0.244 e. The van der Waals surface area contributed by atoms with Crippen molar-refractivity contribution in [1.82, 2.24) is 5.32 Å². The molecule has 1 aromatic carbocycles. The summed E-state index contributed by atoms with van der Waals surface area (Å²) in [4.78, 5) is 12.0. The van der Waals surface area contributed by atoms with Crippen molar-refractivity contribution in [1.29, 1.82) is 0 Å². The zero-order chi connectivity index (χ0) is 13.4. The molecule has 0 aliphatic rings. The van der Waals surface area contributed by atoms with Crippen LogP contribution < -0.4 is 11.1 Å². The first-order valence-electron chi connectivity index (χ1n) is 6.29. The van der Waals surface area contributed by atoms with Gasteiger partial charge in [0.05, 0.1) is 0 Å². The summed E-state index contributed by atoms with van der Waals surface area (Å²) in [5.41, 5.74) is 5.90. The molecule has 1 atom stereocenters. The monoisotopic (exact) mass is 286 g/mol. The SMILES string of the molecule is CCOCCCNC(=O)C(C)(N)c1ccccc1.Cl. The lowest BCUT2D eigenvalue weighted by Gasteiger charge is -2.24. The Balaban J connectivity index is 0.00000324. The van der Waals surface area contributed by atoms with Crippen molar-refractivity contribution >= 4 is 18.3 Å². The first-order chi connectivity index (χ1) is 8.59. The third-order valence-electron chi connectivity index (χ3n) is 2.80. The average Bonchev–Trinajstić information content (AvgIpc) is 2.39. The van der Waals surface area contributed by atoms with Crippen molar-refractivity contribution < 1.29 is 9.53 Å². The Kier molecular flexibility index (Phi) is 8.39. The Hall–Kier alpha value is -1.10. The molecule has 0 aromatic heterocycles. The number of hydrogen-bond donors (Lipinski definition) is 2. The summed E-state index contributed by atoms with van der Waals surface area (Å²) in [6.45, 7) is 5.61. The topological polar surface area (TPSA) is 64.3 Å². The van der Waals surface area contributed by atoms with Crippen LogP contribution in [0.15, 0.2) is 30.3 Å². The lowest BCUT2D eigenvalue weighted by Crippen LogP contribution is -2.49. The number of carbonyl (C=O) groups excluding carboxylic acids is 1. The second-order valence-corrected chi connectivity index (χ2v) is 4.37. The number of benzene rings is 1. The number of amides is 1. The van der Waals surface area contributed by atoms with Crippen molar-refractivity contribution in [3.63, 3.8) is 0 Å². The third-order valence-corrected chi connectivity index (χ3v) is 2.80. The normalized spacial score (nSPS) is 13.2. The van der Waals surface area contributed by atoms with Crippen LogP contribution in [0.3, 0.4) is 0 Å². The van der Waals surface area contributed by atoms with E-state index in [0.717, 1.165) is 12.0 Å². The molecule has 0 saturated carbocycles. The molecule has 0 heterocycles. The highest BCUT2D eigenvalue weighted by Gasteiger charge is 2.29. The van der Waals surface area contributed by atoms with E-state index in [9.17, 15) is 4.79 Å². The maximum Gasteiger partial charge on any atom is 0.244 e. The minimum atomic E-state index is -0.993. The molecule has 1 aromatic rings. The van der Waals surface area contributed by atoms with Crippen LogP contribution in [0.4, 0.5) is 0 Å². The first kappa shape index (κ1) is 17.9. The Labute approximate surface area is 121 Å². The average molecular weight is 287 g/mol. The van der Waals surface area contributed by atoms with E-state index in [4.69, 9.17) is 10.5 Å². The summed E-state index contributed by atoms with van der Waals surface area (Å²) in [6, 6.07) is 9.38. The van der Waals surface area contributed by atoms with Gasteiger partial charge >= 0.3 is 0 Å². The van der Waals surface area contributed by atoms with Crippen molar-refractivity contribution in [2.75, 3.05) is 19.8 Å². The minimum Gasteiger partial charge on any atom is -0.382 e. The van der Waals surface area contributed by atoms with Gasteiger partial charge in [-0.05, 0) is 25.8 Å². The van der Waals surface area contributed by atoms with E-state index < -0.39 is 5.54 Å². The van der Waals surface area contributed by atoms with Gasteiger partial charge in [0.15, 0.2) is 0 Å². The Bertz CT molecular complexity index is 369. The van der Waals surface area contributed by atoms with Gasteiger partial charge in [-0.3, -0.25) is 4.79 Å². The van der Waals surface area contributed by atoms with E-state index in [2.05, 4.69) is 5.32 Å². The van der Waals surface area contributed by atoms with Crippen LogP contribution in [0.25, 0.3) is 0 Å². The molecule has 3 N–H and O–H groups in total. The Morgan fingerprint density at radius 3 is 2.58 bits per heavy atom. The summed E-state index contributed by atoms with van der Waals surface area (Å²) in [7, 11) is 0. The predicted molar refractivity (Wildman–Crippen MR) is 79.3 cm³/mol. The van der Waals surface area contributed by atoms with E-state index in [-0.39, 0.29) is 18.3 Å². The van der Waals surface area contributed by atoms with E-state index in [0.29, 0.717) is 19.8 Å². The lowest BCUT2D eigenvalue weighted by atomic mass is 9.92. The number of nitrogens with two attached hydrogens (primary N) is 1. The number of carbonyl (C=O) groups is 1. The number of rotatable bonds is 7. The summed E-state index contributed by atoms with van der Waals surface area (Å²) in [6.07, 6.45) is 0.796. The fraction of sp³-hybridized carbons (Fsp3) is 0.500. The van der Waals surface area contributed by atoms with Gasteiger partial charge in [0.2, 0.25) is 5.91 Å². The van der Waals surface area contributed by atoms with Crippen molar-refractivity contribution in [2.24, 2.45) is 5.73 Å². The maximum atomic E-state index is 12.0. The number of halogens is 1. The summed E-state index contributed by atoms with van der Waals surface area (Å²) >= 11 is 0. The maximum absolute atomic E-state index is 12.0. The first-order valence-corrected chi connectivity index (χ1v) is 6.29. The molecule has 19 heavy (non-hydrogen) atoms. The van der Waals surface area contributed by atoms with Crippen molar-refractivity contribution in [3.05, 3.63) is 35.9 Å². The molecule has 1 rings (SSSR count). The van der Waals surface area contributed by atoms with Crippen LogP contribution in [0.2, 0.25) is 0 Å². The van der Waals surface area contributed by atoms with Crippen molar-refractivity contribution in [2.45, 2.75) is 25.8 Å². The van der Waals surface area contributed by atoms with Gasteiger partial charge in [0, 0.05) is 19.8 Å². The molecule has 0 radical (unpaired) electrons. The van der Waals surface area contributed by atoms with Crippen LogP contribution >= 0.6 is 12.4 Å². The van der Waals surface area contributed by atoms with E-state index in [1.54, 1.807) is 6.92 Å². The van der Waals surface area contributed by atoms with Gasteiger partial charge in [-0.2, -0.15) is 0 Å². The fourth-order valence-electron chi connectivity index (χ4n) is 1.62. The minimum absolute atomic E-state index is 0. The molecular formula is C14H23ClN2O2. The molecule has 0 bridgehead atoms. The number of hydrogen-bond acceptors (Lipinski definition) is 3. The van der Waals surface area contributed by atoms with Crippen molar-refractivity contribution in [3.8, 4) is 0 Å². The molecule has 108 valence electrons. The molecule has 0 aliphatic carbocycles. The predicted octanol–water partition coefficient (Wildman–Crippen LogP) is 1.83. The van der Waals surface area contributed by atoms with Gasteiger partial charge < -0.3 is 15.8 Å². The van der Waals surface area contributed by atoms with Crippen LogP contribution in [-0.4, -0.2) is 25.7 Å². The van der Waals surface area contributed by atoms with Gasteiger partial charge in [-0.25, -0.2) is 0 Å². The third kappa shape index (κ3) is 5.59. The molecule has 0 fully saturated rings. The summed E-state index contributed by atoms with van der Waals surface area (Å²) < 4.78 is 5.20. The molecule has 4 nitrogen and oxygen atoms in total. The van der Waals surface area contributed by atoms with Crippen LogP contribution in [0, 0.1) is 0 Å². The number of nitrogens with one attached hydrogen (secondary N) is 1. The van der Waals surface area contributed by atoms with E-state index in [1.165, 1.54) is 0 Å². The second kappa shape index (κ2) is 8.91. The van der Waals surface area contributed by atoms with Crippen LogP contribution in [0.1, 0.15) is 25.8 Å². The fourth-order valence-corrected chi connectivity index (χ4v) is 1.62. The highest BCUT2D eigenvalue weighted by molar-refractivity contribution is 5.86. The Morgan fingerprint density at radius 1 is 1.37 bits per heavy atom. The molecule has 0 aliphatic heterocycles. The number of ether oxygens (including phenoxy) is 1. The summed E-state index contributed by atoms with van der Waals surface area (Å²) in [5, 5.41) is 2.84. The van der Waals surface area contributed by atoms with Gasteiger partial charge in [0.25, 0.3) is 0 Å². The molecular weight excluding hydrogens is 264 g/mol. The zero-order valence-corrected chi connectivity index (χ0v) is 12.3. The van der Waals surface area contributed by atoms with Gasteiger partial charge in [-0.1, -0.05) is 30.3 Å². The Morgan fingerprint density at radius 2 is 2.00 bits per heavy atom. The highest BCUT2D eigenvalue weighted by atomic mass is 35.5. The van der Waals surface area contributed by atoms with E-state index in [1.807, 2.05) is 37.3 Å². The summed E-state index contributed by atoms with van der Waals surface area (Å²) in [5.74, 6) is -0.162. The van der Waals surface area contributed by atoms with E-state index >= 15 is 0 Å². The van der Waals surface area contributed by atoms with Gasteiger partial charge in [0.1, 0.15) is 5.54 Å². The molecule has 0 saturated heterocycles. The standard InChI is InChI=1S/C14H22N2O2.ClH/c1-3-18-11-7-10-16-13(17)14(2,15)12-8-5-4-6-9-12;/h4-6,8-9H,3,7,10-11,15H2,1-2H3,(H,16,17);1H. The van der Waals surface area contributed by atoms with Gasteiger partial charge in [-0.15, -0.1) is 12.4 Å². The zero-order valence-electron chi connectivity index (χ0n) is 11.5. The highest BCUT2D eigenvalue weighted by Crippen LogP contribution is 2.17. The molecule has 5 heteroatoms. The largest absolute Gasteiger partial charge is 0.382 e. The van der Waals surface area contributed by atoms with Crippen LogP contribution in [-0.2, 0) is 15.1 Å². The quantitative estimate of drug-likeness (QED) is 0.752. The molecule has 1 amide bonds. The molecule has 0 spiro atoms. The van der Waals surface area contributed by atoms with Crippen LogP contribution in [0.5, 0.6) is 0 Å². The molecule has 1 unspecified atom stereocenters.